The highest BCUT2D eigenvalue weighted by atomic mass is 16.6. The number of carbonyl (C=O) groups excluding carboxylic acids is 2. The topological polar surface area (TPSA) is 55.8 Å². The molecule has 0 bridgehead atoms. The van der Waals surface area contributed by atoms with Crippen molar-refractivity contribution in [1.82, 2.24) is 4.90 Å². The molecule has 1 heterocycles. The first-order valence-electron chi connectivity index (χ1n) is 7.91. The van der Waals surface area contributed by atoms with Crippen LogP contribution in [0.1, 0.15) is 32.1 Å². The molecule has 0 unspecified atom stereocenters. The van der Waals surface area contributed by atoms with Crippen LogP contribution in [0, 0.1) is 5.92 Å². The van der Waals surface area contributed by atoms with Gasteiger partial charge in [-0.2, -0.15) is 0 Å². The Bertz CT molecular complexity index is 523. The summed E-state index contributed by atoms with van der Waals surface area (Å²) in [5.74, 6) is 0.780. The molecule has 5 heteroatoms. The Hall–Kier alpha value is -2.04. The van der Waals surface area contributed by atoms with Crippen LogP contribution >= 0.6 is 0 Å². The maximum absolute atomic E-state index is 12.0. The van der Waals surface area contributed by atoms with E-state index in [4.69, 9.17) is 9.47 Å². The summed E-state index contributed by atoms with van der Waals surface area (Å²) in [6, 6.07) is 9.44. The number of amides is 1. The molecule has 2 aliphatic rings. The van der Waals surface area contributed by atoms with E-state index in [9.17, 15) is 9.59 Å². The standard InChI is InChI=1S/C17H21NO4/c19-16(22-15-4-2-1-3-5-15)12-13-6-8-14(9-7-13)18-10-11-21-17(18)20/h1-5,13-14H,6-12H2. The first-order valence-corrected chi connectivity index (χ1v) is 7.91. The Morgan fingerprint density at radius 2 is 1.91 bits per heavy atom. The Morgan fingerprint density at radius 1 is 1.18 bits per heavy atom. The molecule has 1 aliphatic heterocycles. The fraction of sp³-hybridized carbons (Fsp3) is 0.529. The van der Waals surface area contributed by atoms with Crippen LogP contribution in [0.5, 0.6) is 5.75 Å². The first kappa shape index (κ1) is 14.9. The first-order chi connectivity index (χ1) is 10.7. The van der Waals surface area contributed by atoms with E-state index in [1.54, 1.807) is 12.1 Å². The van der Waals surface area contributed by atoms with Gasteiger partial charge in [-0.15, -0.1) is 0 Å². The van der Waals surface area contributed by atoms with Gasteiger partial charge < -0.3 is 14.4 Å². The zero-order valence-corrected chi connectivity index (χ0v) is 12.6. The predicted molar refractivity (Wildman–Crippen MR) is 80.5 cm³/mol. The van der Waals surface area contributed by atoms with Gasteiger partial charge in [0.05, 0.1) is 6.54 Å². The minimum absolute atomic E-state index is 0.171. The highest BCUT2D eigenvalue weighted by Crippen LogP contribution is 2.31. The van der Waals surface area contributed by atoms with E-state index in [1.165, 1.54) is 0 Å². The molecule has 118 valence electrons. The number of hydrogen-bond donors (Lipinski definition) is 0. The molecule has 1 aromatic rings. The Kier molecular flexibility index (Phi) is 4.61. The molecule has 0 atom stereocenters. The number of hydrogen-bond acceptors (Lipinski definition) is 4. The number of nitrogens with zero attached hydrogens (tertiary/aromatic N) is 1. The van der Waals surface area contributed by atoms with Crippen LogP contribution in [0.2, 0.25) is 0 Å². The van der Waals surface area contributed by atoms with Gasteiger partial charge in [0.1, 0.15) is 12.4 Å². The van der Waals surface area contributed by atoms with Crippen LogP contribution in [0.3, 0.4) is 0 Å². The van der Waals surface area contributed by atoms with Crippen LogP contribution in [-0.4, -0.2) is 36.2 Å². The summed E-state index contributed by atoms with van der Waals surface area (Å²) in [6.07, 6.45) is 4.06. The van der Waals surface area contributed by atoms with Crippen LogP contribution < -0.4 is 4.74 Å². The number of carbonyl (C=O) groups is 2. The largest absolute Gasteiger partial charge is 0.448 e. The Morgan fingerprint density at radius 3 is 2.55 bits per heavy atom. The summed E-state index contributed by atoms with van der Waals surface area (Å²) in [5.41, 5.74) is 0. The summed E-state index contributed by atoms with van der Waals surface area (Å²) in [5, 5.41) is 0. The van der Waals surface area contributed by atoms with E-state index < -0.39 is 0 Å². The molecule has 22 heavy (non-hydrogen) atoms. The molecule has 1 aromatic carbocycles. The highest BCUT2D eigenvalue weighted by molar-refractivity contribution is 5.72. The third-order valence-corrected chi connectivity index (χ3v) is 4.48. The molecule has 0 N–H and O–H groups in total. The number of rotatable bonds is 4. The Labute approximate surface area is 130 Å². The predicted octanol–water partition coefficient (Wildman–Crippen LogP) is 2.99. The molecular formula is C17H21NO4. The Balaban J connectivity index is 1.44. The summed E-state index contributed by atoms with van der Waals surface area (Å²) in [7, 11) is 0. The lowest BCUT2D eigenvalue weighted by atomic mass is 9.83. The van der Waals surface area contributed by atoms with Gasteiger partial charge in [-0.3, -0.25) is 4.79 Å². The molecule has 3 rings (SSSR count). The third kappa shape index (κ3) is 3.59. The van der Waals surface area contributed by atoms with E-state index in [-0.39, 0.29) is 18.1 Å². The third-order valence-electron chi connectivity index (χ3n) is 4.48. The molecule has 1 aliphatic carbocycles. The normalized spacial score (nSPS) is 24.9. The maximum atomic E-state index is 12.0. The van der Waals surface area contributed by atoms with E-state index in [0.717, 1.165) is 25.7 Å². The van der Waals surface area contributed by atoms with Crippen LogP contribution in [-0.2, 0) is 9.53 Å². The number of benzene rings is 1. The quantitative estimate of drug-likeness (QED) is 0.634. The van der Waals surface area contributed by atoms with Crippen LogP contribution in [0.4, 0.5) is 4.79 Å². The monoisotopic (exact) mass is 303 g/mol. The average Bonchev–Trinajstić information content (AvgIpc) is 2.95. The van der Waals surface area contributed by atoms with Gasteiger partial charge in [0.15, 0.2) is 0 Å². The molecule has 5 nitrogen and oxygen atoms in total. The van der Waals surface area contributed by atoms with Gasteiger partial charge in [-0.1, -0.05) is 18.2 Å². The molecule has 2 fully saturated rings. The van der Waals surface area contributed by atoms with Gasteiger partial charge in [0.25, 0.3) is 0 Å². The smallest absolute Gasteiger partial charge is 0.410 e. The molecule has 0 radical (unpaired) electrons. The van der Waals surface area contributed by atoms with Gasteiger partial charge >= 0.3 is 12.1 Å². The number of para-hydroxylation sites is 1. The fourth-order valence-corrected chi connectivity index (χ4v) is 3.30. The second-order valence-corrected chi connectivity index (χ2v) is 5.97. The van der Waals surface area contributed by atoms with Crippen molar-refractivity contribution in [1.29, 1.82) is 0 Å². The molecule has 1 amide bonds. The lowest BCUT2D eigenvalue weighted by Crippen LogP contribution is -2.39. The molecule has 0 spiro atoms. The maximum Gasteiger partial charge on any atom is 0.410 e. The SMILES string of the molecule is O=C(CC1CCC(N2CCOC2=O)CC1)Oc1ccccc1. The van der Waals surface area contributed by atoms with Crippen LogP contribution in [0.15, 0.2) is 30.3 Å². The van der Waals surface area contributed by atoms with E-state index >= 15 is 0 Å². The fourth-order valence-electron chi connectivity index (χ4n) is 3.30. The summed E-state index contributed by atoms with van der Waals surface area (Å²) in [4.78, 5) is 25.4. The van der Waals surface area contributed by atoms with E-state index in [2.05, 4.69) is 0 Å². The lowest BCUT2D eigenvalue weighted by Gasteiger charge is -2.32. The van der Waals surface area contributed by atoms with Gasteiger partial charge in [-0.05, 0) is 43.7 Å². The van der Waals surface area contributed by atoms with Crippen molar-refractivity contribution in [2.75, 3.05) is 13.2 Å². The minimum Gasteiger partial charge on any atom is -0.448 e. The summed E-state index contributed by atoms with van der Waals surface area (Å²) < 4.78 is 10.3. The average molecular weight is 303 g/mol. The van der Waals surface area contributed by atoms with Crippen molar-refractivity contribution in [3.05, 3.63) is 30.3 Å². The van der Waals surface area contributed by atoms with E-state index in [0.29, 0.717) is 31.2 Å². The second-order valence-electron chi connectivity index (χ2n) is 5.97. The van der Waals surface area contributed by atoms with Gasteiger partial charge in [0, 0.05) is 12.5 Å². The zero-order chi connectivity index (χ0) is 15.4. The summed E-state index contributed by atoms with van der Waals surface area (Å²) >= 11 is 0. The van der Waals surface area contributed by atoms with Gasteiger partial charge in [0.2, 0.25) is 0 Å². The lowest BCUT2D eigenvalue weighted by molar-refractivity contribution is -0.135. The number of cyclic esters (lactones) is 1. The second kappa shape index (κ2) is 6.81. The van der Waals surface area contributed by atoms with Crippen LogP contribution in [0.25, 0.3) is 0 Å². The van der Waals surface area contributed by atoms with Crippen molar-refractivity contribution in [2.24, 2.45) is 5.92 Å². The van der Waals surface area contributed by atoms with Gasteiger partial charge in [-0.25, -0.2) is 4.79 Å². The molecular weight excluding hydrogens is 282 g/mol. The summed E-state index contributed by atoms with van der Waals surface area (Å²) in [6.45, 7) is 1.20. The molecule has 1 saturated heterocycles. The van der Waals surface area contributed by atoms with Crippen molar-refractivity contribution >= 4 is 12.1 Å². The van der Waals surface area contributed by atoms with Crippen molar-refractivity contribution in [3.63, 3.8) is 0 Å². The highest BCUT2D eigenvalue weighted by Gasteiger charge is 2.33. The molecule has 1 saturated carbocycles. The zero-order valence-electron chi connectivity index (χ0n) is 12.6. The van der Waals surface area contributed by atoms with Crippen molar-refractivity contribution in [3.8, 4) is 5.75 Å². The minimum atomic E-state index is -0.188. The van der Waals surface area contributed by atoms with Crippen molar-refractivity contribution < 1.29 is 19.1 Å². The van der Waals surface area contributed by atoms with Crippen molar-refractivity contribution in [2.45, 2.75) is 38.1 Å². The number of ether oxygens (including phenoxy) is 2. The van der Waals surface area contributed by atoms with E-state index in [1.807, 2.05) is 23.1 Å². The molecule has 0 aromatic heterocycles. The number of esters is 1.